The number of pyridine rings is 1. The number of likely N-dealkylation sites (N-methyl/N-ethyl adjacent to an activating group) is 2. The van der Waals surface area contributed by atoms with Crippen LogP contribution in [0.25, 0.3) is 0 Å². The summed E-state index contributed by atoms with van der Waals surface area (Å²) in [4.78, 5) is 28.5. The van der Waals surface area contributed by atoms with E-state index in [-0.39, 0.29) is 30.7 Å². The summed E-state index contributed by atoms with van der Waals surface area (Å²) in [6.07, 6.45) is 1.89. The maximum atomic E-state index is 12.0. The minimum Gasteiger partial charge on any atom is -0.395 e. The number of aliphatic hydroxyl groups excluding tert-OH is 1. The van der Waals surface area contributed by atoms with Crippen molar-refractivity contribution in [2.75, 3.05) is 27.2 Å². The van der Waals surface area contributed by atoms with E-state index >= 15 is 0 Å². The Kier molecular flexibility index (Phi) is 6.20. The number of nitrogens with one attached hydrogen (secondary N) is 1. The van der Waals surface area contributed by atoms with Gasteiger partial charge in [-0.15, -0.1) is 0 Å². The molecule has 0 fully saturated rings. The van der Waals surface area contributed by atoms with Crippen LogP contribution in [-0.4, -0.2) is 54.1 Å². The zero-order valence-electron chi connectivity index (χ0n) is 11.5. The minimum absolute atomic E-state index is 0.0152. The lowest BCUT2D eigenvalue weighted by molar-refractivity contribution is -0.121. The van der Waals surface area contributed by atoms with Crippen LogP contribution in [0.1, 0.15) is 22.5 Å². The molecule has 1 heterocycles. The van der Waals surface area contributed by atoms with Gasteiger partial charge in [-0.2, -0.15) is 0 Å². The highest BCUT2D eigenvalue weighted by Gasteiger charge is 2.15. The second-order valence-electron chi connectivity index (χ2n) is 4.04. The maximum Gasteiger partial charge on any atom is 0.272 e. The molecule has 0 radical (unpaired) electrons. The molecule has 1 aromatic rings. The topological polar surface area (TPSA) is 82.5 Å². The van der Waals surface area contributed by atoms with E-state index in [1.54, 1.807) is 12.1 Å². The van der Waals surface area contributed by atoms with Gasteiger partial charge in [0.05, 0.1) is 13.2 Å². The van der Waals surface area contributed by atoms with Crippen LogP contribution >= 0.6 is 0 Å². The van der Waals surface area contributed by atoms with Gasteiger partial charge >= 0.3 is 0 Å². The van der Waals surface area contributed by atoms with Crippen LogP contribution in [0.2, 0.25) is 0 Å². The van der Waals surface area contributed by atoms with E-state index in [0.717, 1.165) is 0 Å². The summed E-state index contributed by atoms with van der Waals surface area (Å²) in [6, 6.07) is 3.24. The predicted molar refractivity (Wildman–Crippen MR) is 73.8 cm³/mol. The van der Waals surface area contributed by atoms with Gasteiger partial charge in [0.2, 0.25) is 5.91 Å². The minimum atomic E-state index is -0.330. The SMILES string of the molecule is CNC(=O)CN(C)C(=O)c1ccc(C#CCCO)cn1. The average Bonchev–Trinajstić information content (AvgIpc) is 2.47. The Hall–Kier alpha value is -2.39. The third-order valence-electron chi connectivity index (χ3n) is 2.46. The zero-order chi connectivity index (χ0) is 15.0. The number of hydrogen-bond acceptors (Lipinski definition) is 4. The van der Waals surface area contributed by atoms with Crippen LogP contribution < -0.4 is 5.32 Å². The lowest BCUT2D eigenvalue weighted by atomic mass is 10.2. The molecule has 0 saturated heterocycles. The van der Waals surface area contributed by atoms with E-state index in [4.69, 9.17) is 5.11 Å². The predicted octanol–water partition coefficient (Wildman–Crippen LogP) is -0.367. The molecule has 2 N–H and O–H groups in total. The molecule has 0 unspecified atom stereocenters. The Morgan fingerprint density at radius 2 is 2.20 bits per heavy atom. The fourth-order valence-electron chi connectivity index (χ4n) is 1.38. The van der Waals surface area contributed by atoms with Crippen molar-refractivity contribution in [3.8, 4) is 11.8 Å². The van der Waals surface area contributed by atoms with E-state index in [9.17, 15) is 9.59 Å². The number of carbonyl (C=O) groups excluding carboxylic acids is 2. The number of nitrogens with zero attached hydrogens (tertiary/aromatic N) is 2. The summed E-state index contributed by atoms with van der Waals surface area (Å²) < 4.78 is 0. The molecule has 1 aromatic heterocycles. The molecule has 0 spiro atoms. The molecule has 0 saturated carbocycles. The van der Waals surface area contributed by atoms with E-state index in [2.05, 4.69) is 22.1 Å². The van der Waals surface area contributed by atoms with Gasteiger partial charge in [0.1, 0.15) is 5.69 Å². The van der Waals surface area contributed by atoms with Crippen molar-refractivity contribution in [3.05, 3.63) is 29.6 Å². The van der Waals surface area contributed by atoms with E-state index in [1.807, 2.05) is 0 Å². The molecule has 6 heteroatoms. The van der Waals surface area contributed by atoms with Crippen molar-refractivity contribution in [2.24, 2.45) is 0 Å². The second kappa shape index (κ2) is 7.92. The lowest BCUT2D eigenvalue weighted by Gasteiger charge is -2.15. The summed E-state index contributed by atoms with van der Waals surface area (Å²) in [5.74, 6) is 5.02. The molecule has 1 rings (SSSR count). The van der Waals surface area contributed by atoms with Crippen molar-refractivity contribution in [2.45, 2.75) is 6.42 Å². The van der Waals surface area contributed by atoms with Gasteiger partial charge in [0, 0.05) is 32.3 Å². The number of carbonyl (C=O) groups is 2. The number of aromatic nitrogens is 1. The van der Waals surface area contributed by atoms with Crippen LogP contribution in [0.4, 0.5) is 0 Å². The molecule has 6 nitrogen and oxygen atoms in total. The highest BCUT2D eigenvalue weighted by atomic mass is 16.2. The summed E-state index contributed by atoms with van der Waals surface area (Å²) in [7, 11) is 3.05. The third-order valence-corrected chi connectivity index (χ3v) is 2.46. The molecule has 0 atom stereocenters. The first-order valence-corrected chi connectivity index (χ1v) is 6.10. The smallest absolute Gasteiger partial charge is 0.272 e. The number of rotatable bonds is 4. The Morgan fingerprint density at radius 1 is 1.45 bits per heavy atom. The zero-order valence-corrected chi connectivity index (χ0v) is 11.5. The van der Waals surface area contributed by atoms with Crippen LogP contribution in [0.5, 0.6) is 0 Å². The fourth-order valence-corrected chi connectivity index (χ4v) is 1.38. The molecule has 106 valence electrons. The molecular weight excluding hydrogens is 258 g/mol. The van der Waals surface area contributed by atoms with Gasteiger partial charge < -0.3 is 15.3 Å². The lowest BCUT2D eigenvalue weighted by Crippen LogP contribution is -2.37. The normalized spacial score (nSPS) is 9.35. The van der Waals surface area contributed by atoms with E-state index in [0.29, 0.717) is 12.0 Å². The summed E-state index contributed by atoms with van der Waals surface area (Å²) in [6.45, 7) is -0.00362. The molecular formula is C14H17N3O3. The molecule has 0 aliphatic carbocycles. The monoisotopic (exact) mass is 275 g/mol. The standard InChI is InChI=1S/C14H17N3O3/c1-15-13(19)10-17(2)14(20)12-7-6-11(9-16-12)5-3-4-8-18/h6-7,9,18H,4,8,10H2,1-2H3,(H,15,19). The Morgan fingerprint density at radius 3 is 2.75 bits per heavy atom. The summed E-state index contributed by atoms with van der Waals surface area (Å²) >= 11 is 0. The number of amides is 2. The average molecular weight is 275 g/mol. The second-order valence-corrected chi connectivity index (χ2v) is 4.04. The summed E-state index contributed by atoms with van der Waals surface area (Å²) in [5.41, 5.74) is 0.924. The molecule has 20 heavy (non-hydrogen) atoms. The maximum absolute atomic E-state index is 12.0. The molecule has 0 aliphatic heterocycles. The molecule has 0 bridgehead atoms. The fraction of sp³-hybridized carbons (Fsp3) is 0.357. The highest BCUT2D eigenvalue weighted by Crippen LogP contribution is 2.02. The first kappa shape index (κ1) is 15.7. The van der Waals surface area contributed by atoms with Gasteiger partial charge in [-0.1, -0.05) is 11.8 Å². The van der Waals surface area contributed by atoms with Crippen molar-refractivity contribution in [1.29, 1.82) is 0 Å². The van der Waals surface area contributed by atoms with Gasteiger partial charge in [-0.25, -0.2) is 4.98 Å². The van der Waals surface area contributed by atoms with Crippen LogP contribution in [0.3, 0.4) is 0 Å². The first-order chi connectivity index (χ1) is 9.58. The van der Waals surface area contributed by atoms with Crippen LogP contribution in [0, 0.1) is 11.8 Å². The van der Waals surface area contributed by atoms with Crippen LogP contribution in [0.15, 0.2) is 18.3 Å². The highest BCUT2D eigenvalue weighted by molar-refractivity contribution is 5.94. The van der Waals surface area contributed by atoms with Crippen molar-refractivity contribution in [1.82, 2.24) is 15.2 Å². The molecule has 2 amide bonds. The van der Waals surface area contributed by atoms with Crippen molar-refractivity contribution >= 4 is 11.8 Å². The Bertz CT molecular complexity index is 529. The van der Waals surface area contributed by atoms with E-state index in [1.165, 1.54) is 25.2 Å². The first-order valence-electron chi connectivity index (χ1n) is 6.10. The van der Waals surface area contributed by atoms with Crippen LogP contribution in [-0.2, 0) is 4.79 Å². The Balaban J connectivity index is 2.71. The number of hydrogen-bond donors (Lipinski definition) is 2. The van der Waals surface area contributed by atoms with Gasteiger partial charge in [0.15, 0.2) is 0 Å². The largest absolute Gasteiger partial charge is 0.395 e. The van der Waals surface area contributed by atoms with Crippen molar-refractivity contribution < 1.29 is 14.7 Å². The summed E-state index contributed by atoms with van der Waals surface area (Å²) in [5, 5.41) is 11.1. The molecule has 0 aromatic carbocycles. The quantitative estimate of drug-likeness (QED) is 0.735. The molecule has 0 aliphatic rings. The van der Waals surface area contributed by atoms with Gasteiger partial charge in [-0.3, -0.25) is 9.59 Å². The van der Waals surface area contributed by atoms with Crippen molar-refractivity contribution in [3.63, 3.8) is 0 Å². The van der Waals surface area contributed by atoms with E-state index < -0.39 is 0 Å². The third kappa shape index (κ3) is 4.71. The number of aliphatic hydroxyl groups is 1. The Labute approximate surface area is 117 Å². The van der Waals surface area contributed by atoms with Gasteiger partial charge in [-0.05, 0) is 12.1 Å². The van der Waals surface area contributed by atoms with Gasteiger partial charge in [0.25, 0.3) is 5.91 Å².